The van der Waals surface area contributed by atoms with E-state index in [1.165, 1.54) is 18.3 Å². The number of nitrogens with zero attached hydrogens (tertiary/aromatic N) is 2. The Morgan fingerprint density at radius 1 is 0.891 bits per heavy atom. The van der Waals surface area contributed by atoms with Gasteiger partial charge in [-0.3, -0.25) is 20.3 Å². The zero-order valence-corrected chi connectivity index (χ0v) is 29.0. The molecule has 0 saturated carbocycles. The van der Waals surface area contributed by atoms with Gasteiger partial charge in [0, 0.05) is 30.7 Å². The fraction of sp³-hybridized carbons (Fsp3) is 0.438. The number of rotatable bonds is 11. The smallest absolute Gasteiger partial charge is 0.410 e. The van der Waals surface area contributed by atoms with Crippen LogP contribution in [0.4, 0.5) is 14.7 Å². The van der Waals surface area contributed by atoms with Crippen LogP contribution in [0.25, 0.3) is 10.4 Å². The molecule has 0 spiro atoms. The fourth-order valence-corrected chi connectivity index (χ4v) is 6.87. The average molecular weight is 674 g/mol. The van der Waals surface area contributed by atoms with Crippen molar-refractivity contribution in [2.45, 2.75) is 84.1 Å². The highest BCUT2D eigenvalue weighted by molar-refractivity contribution is 7.90. The normalized spacial score (nSPS) is 13.5. The first-order chi connectivity index (χ1) is 21.1. The number of sulfone groups is 1. The second-order valence-electron chi connectivity index (χ2n) is 13.1. The topological polar surface area (TPSA) is 178 Å². The van der Waals surface area contributed by atoms with Gasteiger partial charge in [0.15, 0.2) is 20.8 Å². The Hall–Kier alpha value is -4.01. The molecule has 0 aliphatic heterocycles. The lowest BCUT2D eigenvalue weighted by molar-refractivity contribution is -0.114. The molecule has 0 aliphatic rings. The summed E-state index contributed by atoms with van der Waals surface area (Å²) in [5.41, 5.74) is 1.55. The van der Waals surface area contributed by atoms with Gasteiger partial charge in [-0.2, -0.15) is 0 Å². The van der Waals surface area contributed by atoms with Crippen molar-refractivity contribution >= 4 is 44.4 Å². The SMILES string of the molecule is CC(=O)Nc1nc(CCc2ccc(CNC(NC(=O)O)(N(C(=O)O)C(C)(C)C)C(C)(C)C)cc2)c(-c2ccc(S(C)(=O)=O)cc2)s1. The number of aromatic nitrogens is 1. The van der Waals surface area contributed by atoms with Gasteiger partial charge in [-0.1, -0.05) is 68.5 Å². The molecule has 0 saturated heterocycles. The Bertz CT molecular complexity index is 1670. The van der Waals surface area contributed by atoms with E-state index in [1.807, 2.05) is 24.3 Å². The summed E-state index contributed by atoms with van der Waals surface area (Å²) >= 11 is 1.32. The maximum absolute atomic E-state index is 12.5. The number of aryl methyl sites for hydroxylation is 2. The molecule has 250 valence electrons. The van der Waals surface area contributed by atoms with E-state index in [2.05, 4.69) is 20.9 Å². The molecule has 5 N–H and O–H groups in total. The third-order valence-corrected chi connectivity index (χ3v) is 9.51. The molecular formula is C32H43N5O7S2. The number of carbonyl (C=O) groups excluding carboxylic acids is 1. The van der Waals surface area contributed by atoms with Crippen molar-refractivity contribution in [3.8, 4) is 10.4 Å². The zero-order valence-electron chi connectivity index (χ0n) is 27.4. The Morgan fingerprint density at radius 2 is 1.46 bits per heavy atom. The quantitative estimate of drug-likeness (QED) is 0.158. The number of carbonyl (C=O) groups is 3. The van der Waals surface area contributed by atoms with E-state index in [1.54, 1.807) is 65.8 Å². The van der Waals surface area contributed by atoms with E-state index in [9.17, 15) is 33.0 Å². The number of thiazole rings is 1. The van der Waals surface area contributed by atoms with Crippen molar-refractivity contribution in [2.75, 3.05) is 11.6 Å². The minimum Gasteiger partial charge on any atom is -0.465 e. The number of hydrogen-bond donors (Lipinski definition) is 5. The zero-order chi connectivity index (χ0) is 34.7. The molecule has 0 aliphatic carbocycles. The molecule has 3 amide bonds. The molecule has 3 aromatic rings. The maximum Gasteiger partial charge on any atom is 0.410 e. The second-order valence-corrected chi connectivity index (χ2v) is 16.1. The van der Waals surface area contributed by atoms with Gasteiger partial charge in [-0.05, 0) is 62.4 Å². The van der Waals surface area contributed by atoms with Gasteiger partial charge in [0.05, 0.1) is 15.5 Å². The van der Waals surface area contributed by atoms with Crippen molar-refractivity contribution < 1.29 is 33.0 Å². The molecule has 14 heteroatoms. The molecule has 2 aromatic carbocycles. The summed E-state index contributed by atoms with van der Waals surface area (Å²) in [4.78, 5) is 42.9. The van der Waals surface area contributed by atoms with E-state index >= 15 is 0 Å². The minimum atomic E-state index is -3.34. The first kappa shape index (κ1) is 36.5. The summed E-state index contributed by atoms with van der Waals surface area (Å²) in [7, 11) is -3.34. The molecule has 1 aromatic heterocycles. The summed E-state index contributed by atoms with van der Waals surface area (Å²) in [5, 5.41) is 28.8. The van der Waals surface area contributed by atoms with Gasteiger partial charge in [-0.15, -0.1) is 0 Å². The lowest BCUT2D eigenvalue weighted by atomic mass is 9.82. The summed E-state index contributed by atoms with van der Waals surface area (Å²) < 4.78 is 23.8. The van der Waals surface area contributed by atoms with Crippen LogP contribution in [0.3, 0.4) is 0 Å². The lowest BCUT2D eigenvalue weighted by Crippen LogP contribution is -2.78. The third-order valence-electron chi connectivity index (χ3n) is 7.32. The summed E-state index contributed by atoms with van der Waals surface area (Å²) in [5.74, 6) is -1.90. The number of anilines is 1. The van der Waals surface area contributed by atoms with Crippen LogP contribution in [0.5, 0.6) is 0 Å². The van der Waals surface area contributed by atoms with Crippen LogP contribution in [0, 0.1) is 5.41 Å². The van der Waals surface area contributed by atoms with Crippen LogP contribution in [-0.2, 0) is 34.0 Å². The highest BCUT2D eigenvalue weighted by Crippen LogP contribution is 2.37. The molecule has 1 heterocycles. The predicted molar refractivity (Wildman–Crippen MR) is 179 cm³/mol. The molecule has 46 heavy (non-hydrogen) atoms. The fourth-order valence-electron chi connectivity index (χ4n) is 5.18. The first-order valence-electron chi connectivity index (χ1n) is 14.6. The Balaban J connectivity index is 1.84. The summed E-state index contributed by atoms with van der Waals surface area (Å²) in [6, 6.07) is 14.2. The van der Waals surface area contributed by atoms with Crippen molar-refractivity contribution in [1.82, 2.24) is 20.5 Å². The molecule has 0 bridgehead atoms. The highest BCUT2D eigenvalue weighted by Gasteiger charge is 2.54. The van der Waals surface area contributed by atoms with Gasteiger partial charge in [0.2, 0.25) is 5.91 Å². The van der Waals surface area contributed by atoms with Gasteiger partial charge >= 0.3 is 12.2 Å². The van der Waals surface area contributed by atoms with Crippen molar-refractivity contribution in [3.63, 3.8) is 0 Å². The van der Waals surface area contributed by atoms with Crippen molar-refractivity contribution in [2.24, 2.45) is 5.41 Å². The van der Waals surface area contributed by atoms with Gasteiger partial charge in [0.25, 0.3) is 0 Å². The summed E-state index contributed by atoms with van der Waals surface area (Å²) in [6.45, 7) is 12.0. The molecule has 3 rings (SSSR count). The molecule has 1 atom stereocenters. The lowest BCUT2D eigenvalue weighted by Gasteiger charge is -2.55. The number of carboxylic acid groups (broad SMARTS) is 2. The van der Waals surface area contributed by atoms with Crippen LogP contribution < -0.4 is 16.0 Å². The Kier molecular flexibility index (Phi) is 10.9. The van der Waals surface area contributed by atoms with Crippen LogP contribution in [0.15, 0.2) is 53.4 Å². The monoisotopic (exact) mass is 673 g/mol. The van der Waals surface area contributed by atoms with E-state index < -0.39 is 38.8 Å². The number of amides is 3. The second kappa shape index (κ2) is 13.8. The number of hydrogen-bond acceptors (Lipinski definition) is 8. The van der Waals surface area contributed by atoms with E-state index in [4.69, 9.17) is 0 Å². The Morgan fingerprint density at radius 3 is 1.91 bits per heavy atom. The standard InChI is InChI=1S/C32H43N5O7S2/c1-20(38)34-27-35-25(26(45-27)23-14-16-24(17-15-23)46(8,43)44)18-13-21-9-11-22(12-10-21)19-33-32(30(2,3)4,36-28(39)40)37(29(41)42)31(5,6)7/h9-12,14-17,33,36H,13,18-19H2,1-8H3,(H,39,40)(H,41,42)(H,34,35,38). The van der Waals surface area contributed by atoms with E-state index in [0.717, 1.165) is 38.4 Å². The van der Waals surface area contributed by atoms with Crippen LogP contribution in [0.2, 0.25) is 0 Å². The van der Waals surface area contributed by atoms with Crippen LogP contribution >= 0.6 is 11.3 Å². The van der Waals surface area contributed by atoms with Crippen LogP contribution in [-0.4, -0.2) is 64.2 Å². The molecule has 1 unspecified atom stereocenters. The van der Waals surface area contributed by atoms with Gasteiger partial charge < -0.3 is 15.5 Å². The maximum atomic E-state index is 12.5. The largest absolute Gasteiger partial charge is 0.465 e. The third kappa shape index (κ3) is 8.83. The molecule has 12 nitrogen and oxygen atoms in total. The highest BCUT2D eigenvalue weighted by atomic mass is 32.2. The van der Waals surface area contributed by atoms with Crippen LogP contribution in [0.1, 0.15) is 65.3 Å². The summed E-state index contributed by atoms with van der Waals surface area (Å²) in [6.07, 6.45) is -0.308. The number of benzene rings is 2. The number of nitrogens with one attached hydrogen (secondary N) is 3. The predicted octanol–water partition coefficient (Wildman–Crippen LogP) is 5.79. The van der Waals surface area contributed by atoms with Gasteiger partial charge in [0.1, 0.15) is 0 Å². The van der Waals surface area contributed by atoms with Crippen molar-refractivity contribution in [3.05, 3.63) is 65.4 Å². The molecule has 0 radical (unpaired) electrons. The molecule has 0 fully saturated rings. The first-order valence-corrected chi connectivity index (χ1v) is 17.3. The van der Waals surface area contributed by atoms with E-state index in [0.29, 0.717) is 18.0 Å². The van der Waals surface area contributed by atoms with E-state index in [-0.39, 0.29) is 17.3 Å². The average Bonchev–Trinajstić information content (AvgIpc) is 3.30. The Labute approximate surface area is 274 Å². The van der Waals surface area contributed by atoms with Gasteiger partial charge in [-0.25, -0.2) is 23.0 Å². The minimum absolute atomic E-state index is 0.178. The van der Waals surface area contributed by atoms with Crippen molar-refractivity contribution in [1.29, 1.82) is 0 Å². The molecular weight excluding hydrogens is 631 g/mol.